The van der Waals surface area contributed by atoms with Crippen LogP contribution < -0.4 is 11.3 Å². The zero-order valence-corrected chi connectivity index (χ0v) is 15.7. The van der Waals surface area contributed by atoms with E-state index in [4.69, 9.17) is 10.6 Å². The molecule has 1 heterocycles. The van der Waals surface area contributed by atoms with Gasteiger partial charge in [0.05, 0.1) is 0 Å². The molecule has 0 atom stereocenters. The van der Waals surface area contributed by atoms with E-state index < -0.39 is 11.3 Å². The Hall–Kier alpha value is -3.16. The predicted molar refractivity (Wildman–Crippen MR) is 104 cm³/mol. The molecule has 1 fully saturated rings. The maximum Gasteiger partial charge on any atom is 0.296 e. The lowest BCUT2D eigenvalue weighted by Gasteiger charge is -2.16. The van der Waals surface area contributed by atoms with E-state index in [2.05, 4.69) is 16.7 Å². The first kappa shape index (κ1) is 19.6. The van der Waals surface area contributed by atoms with Crippen molar-refractivity contribution in [3.05, 3.63) is 64.1 Å². The van der Waals surface area contributed by atoms with Crippen molar-refractivity contribution in [3.63, 3.8) is 0 Å². The molecule has 1 aromatic heterocycles. The van der Waals surface area contributed by atoms with Gasteiger partial charge in [0.25, 0.3) is 5.56 Å². The summed E-state index contributed by atoms with van der Waals surface area (Å²) in [5.41, 5.74) is 6.00. The molecule has 0 amide bonds. The molecule has 7 nitrogen and oxygen atoms in total. The fraction of sp³-hybridized carbons (Fsp3) is 0.350. The van der Waals surface area contributed by atoms with E-state index in [-0.39, 0.29) is 35.4 Å². The Morgan fingerprint density at radius 2 is 2.04 bits per heavy atom. The summed E-state index contributed by atoms with van der Waals surface area (Å²) in [6.07, 6.45) is 4.30. The molecule has 3 N–H and O–H groups in total. The summed E-state index contributed by atoms with van der Waals surface area (Å²) < 4.78 is 14.3. The van der Waals surface area contributed by atoms with Crippen molar-refractivity contribution in [3.8, 4) is 5.75 Å². The van der Waals surface area contributed by atoms with Crippen molar-refractivity contribution in [1.29, 1.82) is 0 Å². The molecular weight excluding hydrogens is 363 g/mol. The van der Waals surface area contributed by atoms with E-state index in [0.29, 0.717) is 5.82 Å². The van der Waals surface area contributed by atoms with Crippen LogP contribution in [0.5, 0.6) is 5.75 Å². The second kappa shape index (κ2) is 8.24. The van der Waals surface area contributed by atoms with E-state index >= 15 is 0 Å². The zero-order valence-electron chi connectivity index (χ0n) is 15.7. The molecule has 0 saturated heterocycles. The molecule has 8 heteroatoms. The molecule has 28 heavy (non-hydrogen) atoms. The molecule has 0 unspecified atom stereocenters. The molecule has 0 bridgehead atoms. The van der Waals surface area contributed by atoms with Crippen LogP contribution in [0.1, 0.15) is 48.7 Å². The summed E-state index contributed by atoms with van der Waals surface area (Å²) in [7, 11) is 1.59. The van der Waals surface area contributed by atoms with E-state index in [0.717, 1.165) is 31.2 Å². The predicted octanol–water partition coefficient (Wildman–Crippen LogP) is 2.78. The maximum atomic E-state index is 13.0. The number of aromatic hydroxyl groups is 1. The SMILES string of the molecule is C=C(O/N=C(\N)Cc1ccc(F)cc1)c1nc(C2CCCC2)n(C)c(=O)c1O. The minimum atomic E-state index is -0.556. The van der Waals surface area contributed by atoms with Crippen molar-refractivity contribution in [1.82, 2.24) is 9.55 Å². The molecule has 3 rings (SSSR count). The third-order valence-electron chi connectivity index (χ3n) is 4.86. The van der Waals surface area contributed by atoms with E-state index in [9.17, 15) is 14.3 Å². The van der Waals surface area contributed by atoms with Gasteiger partial charge in [0.1, 0.15) is 17.5 Å². The van der Waals surface area contributed by atoms with Crippen LogP contribution in [0.15, 0.2) is 40.8 Å². The molecular formula is C20H23FN4O3. The lowest BCUT2D eigenvalue weighted by atomic mass is 10.1. The van der Waals surface area contributed by atoms with Crippen LogP contribution in [0, 0.1) is 5.82 Å². The quantitative estimate of drug-likeness (QED) is 0.344. The number of hydrogen-bond donors (Lipinski definition) is 2. The third kappa shape index (κ3) is 4.21. The molecule has 1 aromatic carbocycles. The average Bonchev–Trinajstić information content (AvgIpc) is 3.21. The Labute approximate surface area is 162 Å². The minimum Gasteiger partial charge on any atom is -0.501 e. The van der Waals surface area contributed by atoms with Gasteiger partial charge in [0.15, 0.2) is 11.5 Å². The highest BCUT2D eigenvalue weighted by Crippen LogP contribution is 2.33. The summed E-state index contributed by atoms with van der Waals surface area (Å²) in [5.74, 6) is -0.0560. The zero-order chi connectivity index (χ0) is 20.3. The van der Waals surface area contributed by atoms with Gasteiger partial charge >= 0.3 is 0 Å². The van der Waals surface area contributed by atoms with Gasteiger partial charge in [0.2, 0.25) is 5.75 Å². The van der Waals surface area contributed by atoms with E-state index in [1.54, 1.807) is 19.2 Å². The molecule has 1 aliphatic carbocycles. The summed E-state index contributed by atoms with van der Waals surface area (Å²) in [5, 5.41) is 14.0. The number of hydrogen-bond acceptors (Lipinski definition) is 5. The average molecular weight is 386 g/mol. The van der Waals surface area contributed by atoms with Gasteiger partial charge < -0.3 is 15.7 Å². The Bertz CT molecular complexity index is 961. The number of oxime groups is 1. The monoisotopic (exact) mass is 386 g/mol. The summed E-state index contributed by atoms with van der Waals surface area (Å²) >= 11 is 0. The molecule has 148 valence electrons. The molecule has 0 radical (unpaired) electrons. The second-order valence-electron chi connectivity index (χ2n) is 6.91. The highest BCUT2D eigenvalue weighted by Gasteiger charge is 2.25. The van der Waals surface area contributed by atoms with Gasteiger partial charge in [-0.3, -0.25) is 9.36 Å². The lowest BCUT2D eigenvalue weighted by molar-refractivity contribution is 0.292. The summed E-state index contributed by atoms with van der Waals surface area (Å²) in [4.78, 5) is 22.0. The first-order valence-corrected chi connectivity index (χ1v) is 9.09. The fourth-order valence-electron chi connectivity index (χ4n) is 3.35. The van der Waals surface area contributed by atoms with Crippen LogP contribution in [0.2, 0.25) is 0 Å². The van der Waals surface area contributed by atoms with Crippen LogP contribution in [0.25, 0.3) is 5.76 Å². The molecule has 0 spiro atoms. The number of nitrogens with zero attached hydrogens (tertiary/aromatic N) is 3. The smallest absolute Gasteiger partial charge is 0.296 e. The maximum absolute atomic E-state index is 13.0. The van der Waals surface area contributed by atoms with E-state index in [1.807, 2.05) is 0 Å². The van der Waals surface area contributed by atoms with Gasteiger partial charge in [-0.15, -0.1) is 0 Å². The number of benzene rings is 1. The first-order valence-electron chi connectivity index (χ1n) is 9.09. The fourth-order valence-corrected chi connectivity index (χ4v) is 3.35. The Balaban J connectivity index is 1.78. The van der Waals surface area contributed by atoms with Crippen molar-refractivity contribution in [2.24, 2.45) is 17.9 Å². The molecule has 1 aliphatic rings. The number of rotatable bonds is 6. The summed E-state index contributed by atoms with van der Waals surface area (Å²) in [6.45, 7) is 3.71. The molecule has 1 saturated carbocycles. The highest BCUT2D eigenvalue weighted by molar-refractivity contribution is 5.82. The van der Waals surface area contributed by atoms with Crippen LogP contribution in [-0.2, 0) is 18.3 Å². The van der Waals surface area contributed by atoms with Crippen molar-refractivity contribution < 1.29 is 14.3 Å². The lowest BCUT2D eigenvalue weighted by Crippen LogP contribution is -2.25. The second-order valence-corrected chi connectivity index (χ2v) is 6.91. The van der Waals surface area contributed by atoms with Crippen molar-refractivity contribution in [2.45, 2.75) is 38.0 Å². The summed E-state index contributed by atoms with van der Waals surface area (Å²) in [6, 6.07) is 5.84. The number of amidine groups is 1. The number of aromatic nitrogens is 2. The largest absolute Gasteiger partial charge is 0.501 e. The molecule has 0 aliphatic heterocycles. The van der Waals surface area contributed by atoms with Crippen molar-refractivity contribution in [2.75, 3.05) is 0 Å². The van der Waals surface area contributed by atoms with Gasteiger partial charge in [-0.1, -0.05) is 36.7 Å². The van der Waals surface area contributed by atoms with Crippen LogP contribution in [0.3, 0.4) is 0 Å². The molecule has 2 aromatic rings. The van der Waals surface area contributed by atoms with Gasteiger partial charge in [0, 0.05) is 19.4 Å². The minimum absolute atomic E-state index is 0.0386. The van der Waals surface area contributed by atoms with Gasteiger partial charge in [-0.25, -0.2) is 9.37 Å². The number of halogens is 1. The van der Waals surface area contributed by atoms with Gasteiger partial charge in [-0.2, -0.15) is 0 Å². The Morgan fingerprint density at radius 1 is 1.39 bits per heavy atom. The van der Waals surface area contributed by atoms with Crippen molar-refractivity contribution >= 4 is 11.6 Å². The van der Waals surface area contributed by atoms with Crippen LogP contribution in [0.4, 0.5) is 4.39 Å². The Morgan fingerprint density at radius 3 is 2.68 bits per heavy atom. The normalized spacial score (nSPS) is 15.0. The highest BCUT2D eigenvalue weighted by atomic mass is 19.1. The third-order valence-corrected chi connectivity index (χ3v) is 4.86. The van der Waals surface area contributed by atoms with Crippen LogP contribution >= 0.6 is 0 Å². The number of nitrogens with two attached hydrogens (primary N) is 1. The van der Waals surface area contributed by atoms with E-state index in [1.165, 1.54) is 16.7 Å². The standard InChI is InChI=1S/C20H23FN4O3/c1-12(28-24-16(22)11-13-7-9-15(21)10-8-13)17-18(26)20(27)25(2)19(23-17)14-5-3-4-6-14/h7-10,14,26H,1,3-6,11H2,2H3,(H2,22,24). The first-order chi connectivity index (χ1) is 13.4. The topological polar surface area (TPSA) is 103 Å². The van der Waals surface area contributed by atoms with Gasteiger partial charge in [-0.05, 0) is 30.5 Å². The Kier molecular flexibility index (Phi) is 5.77. The van der Waals surface area contributed by atoms with Crippen LogP contribution in [-0.4, -0.2) is 20.5 Å².